The minimum Gasteiger partial charge on any atom is -0.396 e. The monoisotopic (exact) mass is 253 g/mol. The van der Waals surface area contributed by atoms with E-state index in [4.69, 9.17) is 10.8 Å². The molecule has 4 N–H and O–H groups in total. The molecule has 0 aliphatic carbocycles. The van der Waals surface area contributed by atoms with Gasteiger partial charge >= 0.3 is 0 Å². The number of rotatable bonds is 7. The van der Waals surface area contributed by atoms with Crippen LogP contribution in [0.1, 0.15) is 27.2 Å². The number of nitrogens with zero attached hydrogens (tertiary/aromatic N) is 3. The molecule has 0 atom stereocenters. The SMILES string of the molecule is CCNc1cc(N(CCCO)C(C)C)nc(N)n1. The van der Waals surface area contributed by atoms with Crippen molar-refractivity contribution >= 4 is 17.6 Å². The molecule has 0 amide bonds. The lowest BCUT2D eigenvalue weighted by molar-refractivity contribution is 0.288. The molecule has 0 aliphatic heterocycles. The van der Waals surface area contributed by atoms with Crippen LogP contribution in [0.15, 0.2) is 6.07 Å². The molecule has 1 heterocycles. The predicted molar refractivity (Wildman–Crippen MR) is 74.8 cm³/mol. The lowest BCUT2D eigenvalue weighted by Gasteiger charge is -2.28. The zero-order valence-electron chi connectivity index (χ0n) is 11.3. The molecule has 1 aromatic rings. The Balaban J connectivity index is 2.95. The Morgan fingerprint density at radius 2 is 2.17 bits per heavy atom. The first-order valence-corrected chi connectivity index (χ1v) is 6.34. The number of nitrogen functional groups attached to an aromatic ring is 1. The second kappa shape index (κ2) is 7.00. The number of hydrogen-bond acceptors (Lipinski definition) is 6. The fourth-order valence-corrected chi connectivity index (χ4v) is 1.75. The van der Waals surface area contributed by atoms with Gasteiger partial charge in [-0.25, -0.2) is 0 Å². The largest absolute Gasteiger partial charge is 0.396 e. The number of anilines is 3. The van der Waals surface area contributed by atoms with Crippen molar-refractivity contribution in [1.82, 2.24) is 9.97 Å². The number of aliphatic hydroxyl groups excluding tert-OH is 1. The minimum atomic E-state index is 0.170. The zero-order chi connectivity index (χ0) is 13.5. The topological polar surface area (TPSA) is 87.3 Å². The van der Waals surface area contributed by atoms with Crippen molar-refractivity contribution in [2.45, 2.75) is 33.2 Å². The van der Waals surface area contributed by atoms with Crippen LogP contribution in [0.2, 0.25) is 0 Å². The zero-order valence-corrected chi connectivity index (χ0v) is 11.3. The first-order valence-electron chi connectivity index (χ1n) is 6.34. The van der Waals surface area contributed by atoms with Gasteiger partial charge in [-0.05, 0) is 27.2 Å². The Bertz CT molecular complexity index is 369. The van der Waals surface area contributed by atoms with Gasteiger partial charge in [0.2, 0.25) is 5.95 Å². The highest BCUT2D eigenvalue weighted by Crippen LogP contribution is 2.19. The quantitative estimate of drug-likeness (QED) is 0.674. The summed E-state index contributed by atoms with van der Waals surface area (Å²) in [5.74, 6) is 1.79. The summed E-state index contributed by atoms with van der Waals surface area (Å²) in [6.45, 7) is 7.88. The number of nitrogens with one attached hydrogen (secondary N) is 1. The average Bonchev–Trinajstić information content (AvgIpc) is 2.28. The van der Waals surface area contributed by atoms with Crippen molar-refractivity contribution in [2.24, 2.45) is 0 Å². The molecule has 0 spiro atoms. The Labute approximate surface area is 108 Å². The van der Waals surface area contributed by atoms with E-state index < -0.39 is 0 Å². The molecule has 0 bridgehead atoms. The Morgan fingerprint density at radius 1 is 1.44 bits per heavy atom. The van der Waals surface area contributed by atoms with Crippen LogP contribution >= 0.6 is 0 Å². The van der Waals surface area contributed by atoms with Gasteiger partial charge in [-0.2, -0.15) is 9.97 Å². The molecule has 102 valence electrons. The molecular weight excluding hydrogens is 230 g/mol. The lowest BCUT2D eigenvalue weighted by atomic mass is 10.3. The van der Waals surface area contributed by atoms with Gasteiger partial charge in [0.05, 0.1) is 0 Å². The van der Waals surface area contributed by atoms with E-state index in [1.54, 1.807) is 0 Å². The highest BCUT2D eigenvalue weighted by atomic mass is 16.3. The predicted octanol–water partition coefficient (Wildman–Crippen LogP) is 1.09. The van der Waals surface area contributed by atoms with E-state index in [-0.39, 0.29) is 12.6 Å². The van der Waals surface area contributed by atoms with Crippen molar-refractivity contribution < 1.29 is 5.11 Å². The molecule has 0 saturated carbocycles. The number of nitrogens with two attached hydrogens (primary N) is 1. The van der Waals surface area contributed by atoms with Gasteiger partial charge in [0, 0.05) is 31.8 Å². The molecule has 1 rings (SSSR count). The van der Waals surface area contributed by atoms with E-state index in [1.165, 1.54) is 0 Å². The van der Waals surface area contributed by atoms with Crippen LogP contribution in [-0.2, 0) is 0 Å². The third-order valence-corrected chi connectivity index (χ3v) is 2.56. The van der Waals surface area contributed by atoms with Gasteiger partial charge in [-0.1, -0.05) is 0 Å². The molecule has 1 aromatic heterocycles. The van der Waals surface area contributed by atoms with Gasteiger partial charge in [-0.3, -0.25) is 0 Å². The maximum atomic E-state index is 8.94. The van der Waals surface area contributed by atoms with E-state index in [0.29, 0.717) is 12.5 Å². The van der Waals surface area contributed by atoms with Gasteiger partial charge in [-0.15, -0.1) is 0 Å². The van der Waals surface area contributed by atoms with E-state index >= 15 is 0 Å². The third kappa shape index (κ3) is 4.03. The highest BCUT2D eigenvalue weighted by Gasteiger charge is 2.13. The molecule has 0 saturated heterocycles. The second-order valence-electron chi connectivity index (χ2n) is 4.36. The van der Waals surface area contributed by atoms with Crippen LogP contribution in [0.5, 0.6) is 0 Å². The summed E-state index contributed by atoms with van der Waals surface area (Å²) in [7, 11) is 0. The lowest BCUT2D eigenvalue weighted by Crippen LogP contribution is -2.33. The Kier molecular flexibility index (Phi) is 5.64. The summed E-state index contributed by atoms with van der Waals surface area (Å²) in [5.41, 5.74) is 5.72. The molecule has 0 aliphatic rings. The normalized spacial score (nSPS) is 10.7. The fourth-order valence-electron chi connectivity index (χ4n) is 1.75. The van der Waals surface area contributed by atoms with Crippen molar-refractivity contribution in [3.05, 3.63) is 6.07 Å². The summed E-state index contributed by atoms with van der Waals surface area (Å²) in [6.07, 6.45) is 0.707. The van der Waals surface area contributed by atoms with Gasteiger partial charge in [0.15, 0.2) is 0 Å². The molecule has 6 nitrogen and oxygen atoms in total. The van der Waals surface area contributed by atoms with E-state index in [0.717, 1.165) is 24.7 Å². The summed E-state index contributed by atoms with van der Waals surface area (Å²) in [4.78, 5) is 10.5. The summed E-state index contributed by atoms with van der Waals surface area (Å²) >= 11 is 0. The van der Waals surface area contributed by atoms with Gasteiger partial charge in [0.25, 0.3) is 0 Å². The third-order valence-electron chi connectivity index (χ3n) is 2.56. The number of hydrogen-bond donors (Lipinski definition) is 3. The van der Waals surface area contributed by atoms with Gasteiger partial charge in [0.1, 0.15) is 11.6 Å². The molecule has 18 heavy (non-hydrogen) atoms. The van der Waals surface area contributed by atoms with E-state index in [9.17, 15) is 0 Å². The molecule has 6 heteroatoms. The van der Waals surface area contributed by atoms with E-state index in [2.05, 4.69) is 34.0 Å². The van der Waals surface area contributed by atoms with Crippen molar-refractivity contribution in [3.8, 4) is 0 Å². The summed E-state index contributed by atoms with van der Waals surface area (Å²) < 4.78 is 0. The van der Waals surface area contributed by atoms with Crippen molar-refractivity contribution in [2.75, 3.05) is 35.6 Å². The molecule has 0 radical (unpaired) electrons. The van der Waals surface area contributed by atoms with Crippen LogP contribution in [0.25, 0.3) is 0 Å². The summed E-state index contributed by atoms with van der Waals surface area (Å²) in [5, 5.41) is 12.1. The highest BCUT2D eigenvalue weighted by molar-refractivity contribution is 5.53. The summed E-state index contributed by atoms with van der Waals surface area (Å²) in [6, 6.07) is 2.18. The van der Waals surface area contributed by atoms with Crippen molar-refractivity contribution in [3.63, 3.8) is 0 Å². The van der Waals surface area contributed by atoms with Crippen LogP contribution in [0, 0.1) is 0 Å². The fraction of sp³-hybridized carbons (Fsp3) is 0.667. The Morgan fingerprint density at radius 3 is 2.72 bits per heavy atom. The standard InChI is InChI=1S/C12H23N5O/c1-4-14-10-8-11(16-12(13)15-10)17(9(2)3)6-5-7-18/h8-9,18H,4-7H2,1-3H3,(H3,13,14,15,16). The molecular formula is C12H23N5O. The number of aliphatic hydroxyl groups is 1. The van der Waals surface area contributed by atoms with Crippen LogP contribution in [-0.4, -0.2) is 40.8 Å². The molecule has 0 unspecified atom stereocenters. The van der Waals surface area contributed by atoms with E-state index in [1.807, 2.05) is 13.0 Å². The van der Waals surface area contributed by atoms with Gasteiger partial charge < -0.3 is 21.1 Å². The second-order valence-corrected chi connectivity index (χ2v) is 4.36. The number of aromatic nitrogens is 2. The maximum absolute atomic E-state index is 8.94. The van der Waals surface area contributed by atoms with Crippen molar-refractivity contribution in [1.29, 1.82) is 0 Å². The minimum absolute atomic E-state index is 0.170. The Hall–Kier alpha value is -1.56. The first kappa shape index (κ1) is 14.5. The smallest absolute Gasteiger partial charge is 0.223 e. The van der Waals surface area contributed by atoms with Crippen LogP contribution in [0.3, 0.4) is 0 Å². The molecule has 0 fully saturated rings. The average molecular weight is 253 g/mol. The maximum Gasteiger partial charge on any atom is 0.223 e. The first-order chi connectivity index (χ1) is 8.58. The molecule has 0 aromatic carbocycles. The van der Waals surface area contributed by atoms with Crippen LogP contribution < -0.4 is 16.0 Å². The van der Waals surface area contributed by atoms with Crippen LogP contribution in [0.4, 0.5) is 17.6 Å².